The SMILES string of the molecule is O=C(O)C1CC1CNc1ccc(F)cc1. The van der Waals surface area contributed by atoms with E-state index in [0.29, 0.717) is 6.54 Å². The van der Waals surface area contributed by atoms with Gasteiger partial charge in [-0.1, -0.05) is 0 Å². The van der Waals surface area contributed by atoms with Crippen LogP contribution in [0.1, 0.15) is 6.42 Å². The number of nitrogens with one attached hydrogen (secondary N) is 1. The molecule has 0 saturated heterocycles. The molecule has 1 fully saturated rings. The predicted molar refractivity (Wildman–Crippen MR) is 54.1 cm³/mol. The van der Waals surface area contributed by atoms with Gasteiger partial charge in [-0.3, -0.25) is 4.79 Å². The number of benzene rings is 1. The maximum Gasteiger partial charge on any atom is 0.306 e. The molecule has 2 N–H and O–H groups in total. The van der Waals surface area contributed by atoms with Crippen LogP contribution in [0.15, 0.2) is 24.3 Å². The minimum absolute atomic E-state index is 0.196. The fraction of sp³-hybridized carbons (Fsp3) is 0.364. The monoisotopic (exact) mass is 209 g/mol. The fourth-order valence-corrected chi connectivity index (χ4v) is 1.59. The first-order valence-electron chi connectivity index (χ1n) is 4.89. The summed E-state index contributed by atoms with van der Waals surface area (Å²) in [4.78, 5) is 10.6. The third kappa shape index (κ3) is 2.46. The average Bonchev–Trinajstić information content (AvgIpc) is 2.96. The zero-order chi connectivity index (χ0) is 10.8. The highest BCUT2D eigenvalue weighted by Crippen LogP contribution is 2.38. The number of carbonyl (C=O) groups is 1. The Balaban J connectivity index is 1.80. The van der Waals surface area contributed by atoms with Gasteiger partial charge in [0.2, 0.25) is 0 Å². The highest BCUT2D eigenvalue weighted by atomic mass is 19.1. The second-order valence-corrected chi connectivity index (χ2v) is 3.83. The van der Waals surface area contributed by atoms with Gasteiger partial charge in [-0.05, 0) is 36.6 Å². The maximum atomic E-state index is 12.6. The van der Waals surface area contributed by atoms with E-state index in [2.05, 4.69) is 5.32 Å². The van der Waals surface area contributed by atoms with Crippen molar-refractivity contribution in [2.45, 2.75) is 6.42 Å². The molecule has 0 spiro atoms. The van der Waals surface area contributed by atoms with Crippen LogP contribution < -0.4 is 5.32 Å². The number of aliphatic carboxylic acids is 1. The van der Waals surface area contributed by atoms with Gasteiger partial charge in [0, 0.05) is 12.2 Å². The first-order chi connectivity index (χ1) is 7.16. The van der Waals surface area contributed by atoms with Crippen LogP contribution in [0, 0.1) is 17.7 Å². The fourth-order valence-electron chi connectivity index (χ4n) is 1.59. The number of hydrogen-bond donors (Lipinski definition) is 2. The standard InChI is InChI=1S/C11H12FNO2/c12-8-1-3-9(4-2-8)13-6-7-5-10(7)11(14)15/h1-4,7,10,13H,5-6H2,(H,14,15). The van der Waals surface area contributed by atoms with Crippen molar-refractivity contribution in [3.63, 3.8) is 0 Å². The second kappa shape index (κ2) is 3.88. The Labute approximate surface area is 86.9 Å². The summed E-state index contributed by atoms with van der Waals surface area (Å²) in [7, 11) is 0. The number of rotatable bonds is 4. The van der Waals surface area contributed by atoms with Crippen molar-refractivity contribution in [3.05, 3.63) is 30.1 Å². The molecule has 0 aliphatic heterocycles. The molecule has 1 aromatic rings. The zero-order valence-corrected chi connectivity index (χ0v) is 8.11. The summed E-state index contributed by atoms with van der Waals surface area (Å²) < 4.78 is 12.6. The van der Waals surface area contributed by atoms with Crippen molar-refractivity contribution < 1.29 is 14.3 Å². The summed E-state index contributed by atoms with van der Waals surface area (Å²) in [5.74, 6) is -0.971. The topological polar surface area (TPSA) is 49.3 Å². The Morgan fingerprint density at radius 3 is 2.67 bits per heavy atom. The van der Waals surface area contributed by atoms with Gasteiger partial charge >= 0.3 is 5.97 Å². The van der Waals surface area contributed by atoms with E-state index >= 15 is 0 Å². The number of anilines is 1. The van der Waals surface area contributed by atoms with Crippen LogP contribution in [0.4, 0.5) is 10.1 Å². The van der Waals surface area contributed by atoms with Crippen LogP contribution in [0.3, 0.4) is 0 Å². The van der Waals surface area contributed by atoms with E-state index in [9.17, 15) is 9.18 Å². The van der Waals surface area contributed by atoms with Gasteiger partial charge in [-0.25, -0.2) is 4.39 Å². The van der Waals surface area contributed by atoms with Crippen LogP contribution in [0.2, 0.25) is 0 Å². The smallest absolute Gasteiger partial charge is 0.306 e. The Kier molecular flexibility index (Phi) is 2.58. The third-order valence-electron chi connectivity index (χ3n) is 2.65. The van der Waals surface area contributed by atoms with E-state index in [4.69, 9.17) is 5.11 Å². The molecule has 2 rings (SSSR count). The van der Waals surface area contributed by atoms with Gasteiger partial charge in [0.25, 0.3) is 0 Å². The maximum absolute atomic E-state index is 12.6. The molecular weight excluding hydrogens is 197 g/mol. The number of carboxylic acid groups (broad SMARTS) is 1. The first kappa shape index (κ1) is 9.96. The lowest BCUT2D eigenvalue weighted by Crippen LogP contribution is -2.08. The number of hydrogen-bond acceptors (Lipinski definition) is 2. The molecule has 0 radical (unpaired) electrons. The van der Waals surface area contributed by atoms with Crippen molar-refractivity contribution in [2.24, 2.45) is 11.8 Å². The Morgan fingerprint density at radius 2 is 2.13 bits per heavy atom. The van der Waals surface area contributed by atoms with Crippen molar-refractivity contribution in [3.8, 4) is 0 Å². The summed E-state index contributed by atoms with van der Waals surface area (Å²) in [6, 6.07) is 6.05. The minimum Gasteiger partial charge on any atom is -0.481 e. The lowest BCUT2D eigenvalue weighted by molar-refractivity contribution is -0.138. The summed E-state index contributed by atoms with van der Waals surface area (Å²) in [6.45, 7) is 0.641. The van der Waals surface area contributed by atoms with Gasteiger partial charge in [-0.15, -0.1) is 0 Å². The van der Waals surface area contributed by atoms with E-state index in [1.54, 1.807) is 12.1 Å². The summed E-state index contributed by atoms with van der Waals surface area (Å²) >= 11 is 0. The Bertz CT molecular complexity index is 363. The van der Waals surface area contributed by atoms with Gasteiger partial charge in [0.15, 0.2) is 0 Å². The highest BCUT2D eigenvalue weighted by Gasteiger charge is 2.42. The van der Waals surface area contributed by atoms with Crippen LogP contribution >= 0.6 is 0 Å². The van der Waals surface area contributed by atoms with Gasteiger partial charge in [0.05, 0.1) is 5.92 Å². The van der Waals surface area contributed by atoms with E-state index in [-0.39, 0.29) is 17.7 Å². The lowest BCUT2D eigenvalue weighted by atomic mass is 10.3. The average molecular weight is 209 g/mol. The van der Waals surface area contributed by atoms with Crippen LogP contribution in [0.25, 0.3) is 0 Å². The molecule has 2 atom stereocenters. The normalized spacial score (nSPS) is 23.5. The van der Waals surface area contributed by atoms with Crippen molar-refractivity contribution in [2.75, 3.05) is 11.9 Å². The van der Waals surface area contributed by atoms with Crippen LogP contribution in [-0.2, 0) is 4.79 Å². The Hall–Kier alpha value is -1.58. The van der Waals surface area contributed by atoms with E-state index < -0.39 is 5.97 Å². The lowest BCUT2D eigenvalue weighted by Gasteiger charge is -2.04. The first-order valence-corrected chi connectivity index (χ1v) is 4.89. The molecule has 0 aromatic heterocycles. The summed E-state index contributed by atoms with van der Waals surface area (Å²) in [6.07, 6.45) is 0.740. The third-order valence-corrected chi connectivity index (χ3v) is 2.65. The molecule has 80 valence electrons. The van der Waals surface area contributed by atoms with Crippen LogP contribution in [-0.4, -0.2) is 17.6 Å². The molecule has 15 heavy (non-hydrogen) atoms. The summed E-state index contributed by atoms with van der Waals surface area (Å²) in [5, 5.41) is 11.8. The van der Waals surface area contributed by atoms with Crippen molar-refractivity contribution in [1.29, 1.82) is 0 Å². The molecule has 1 saturated carbocycles. The molecular formula is C11H12FNO2. The highest BCUT2D eigenvalue weighted by molar-refractivity contribution is 5.73. The van der Waals surface area contributed by atoms with Gasteiger partial charge in [-0.2, -0.15) is 0 Å². The second-order valence-electron chi connectivity index (χ2n) is 3.83. The van der Waals surface area contributed by atoms with Gasteiger partial charge in [0.1, 0.15) is 5.82 Å². The molecule has 1 aliphatic rings. The molecule has 0 amide bonds. The van der Waals surface area contributed by atoms with Crippen LogP contribution in [0.5, 0.6) is 0 Å². The van der Waals surface area contributed by atoms with Gasteiger partial charge < -0.3 is 10.4 Å². The molecule has 1 aliphatic carbocycles. The molecule has 2 unspecified atom stereocenters. The number of halogens is 1. The predicted octanol–water partition coefficient (Wildman–Crippen LogP) is 1.96. The van der Waals surface area contributed by atoms with Crippen molar-refractivity contribution in [1.82, 2.24) is 0 Å². The van der Waals surface area contributed by atoms with E-state index in [1.165, 1.54) is 12.1 Å². The Morgan fingerprint density at radius 1 is 1.47 bits per heavy atom. The molecule has 0 bridgehead atoms. The largest absolute Gasteiger partial charge is 0.481 e. The van der Waals surface area contributed by atoms with Crippen molar-refractivity contribution >= 4 is 11.7 Å². The molecule has 0 heterocycles. The molecule has 1 aromatic carbocycles. The van der Waals surface area contributed by atoms with E-state index in [1.807, 2.05) is 0 Å². The van der Waals surface area contributed by atoms with E-state index in [0.717, 1.165) is 12.1 Å². The molecule has 3 nitrogen and oxygen atoms in total. The zero-order valence-electron chi connectivity index (χ0n) is 8.11. The quantitative estimate of drug-likeness (QED) is 0.796. The molecule has 4 heteroatoms. The number of carboxylic acids is 1. The minimum atomic E-state index is -0.721. The summed E-state index contributed by atoms with van der Waals surface area (Å²) in [5.41, 5.74) is 0.826.